The Morgan fingerprint density at radius 1 is 1.20 bits per heavy atom. The van der Waals surface area contributed by atoms with Crippen LogP contribution in [-0.4, -0.2) is 34.1 Å². The van der Waals surface area contributed by atoms with E-state index in [1.165, 1.54) is 5.56 Å². The second-order valence-electron chi connectivity index (χ2n) is 6.74. The van der Waals surface area contributed by atoms with Crippen LogP contribution in [0, 0.1) is 26.7 Å². The molecule has 2 N–H and O–H groups in total. The van der Waals surface area contributed by atoms with Crippen molar-refractivity contribution in [2.24, 2.45) is 5.92 Å². The zero-order chi connectivity index (χ0) is 18.0. The number of hydrogen-bond donors (Lipinski definition) is 2. The van der Waals surface area contributed by atoms with Gasteiger partial charge in [-0.3, -0.25) is 4.79 Å². The Bertz CT molecular complexity index is 760. The van der Waals surface area contributed by atoms with Crippen LogP contribution in [0.1, 0.15) is 29.5 Å². The summed E-state index contributed by atoms with van der Waals surface area (Å²) in [5.74, 6) is 0.459. The van der Waals surface area contributed by atoms with Crippen LogP contribution in [0.3, 0.4) is 0 Å². The lowest BCUT2D eigenvalue weighted by molar-refractivity contribution is -0.142. The number of anilines is 3. The fourth-order valence-electron chi connectivity index (χ4n) is 3.43. The predicted molar refractivity (Wildman–Crippen MR) is 98.5 cm³/mol. The Morgan fingerprint density at radius 2 is 1.84 bits per heavy atom. The van der Waals surface area contributed by atoms with Gasteiger partial charge in [-0.25, -0.2) is 4.98 Å². The van der Waals surface area contributed by atoms with Gasteiger partial charge in [-0.1, -0.05) is 17.7 Å². The highest BCUT2D eigenvalue weighted by Crippen LogP contribution is 2.26. The van der Waals surface area contributed by atoms with Gasteiger partial charge in [0, 0.05) is 25.0 Å². The van der Waals surface area contributed by atoms with Gasteiger partial charge in [0.15, 0.2) is 0 Å². The van der Waals surface area contributed by atoms with Crippen LogP contribution >= 0.6 is 0 Å². The van der Waals surface area contributed by atoms with E-state index in [1.54, 1.807) is 6.20 Å². The molecule has 0 atom stereocenters. The molecule has 0 spiro atoms. The fraction of sp³-hybridized carbons (Fsp3) is 0.421. The lowest BCUT2D eigenvalue weighted by atomic mass is 9.97. The SMILES string of the molecule is Cc1cc(C)c(Nc2nccc(N3CCC(C(=O)O)CC3)n2)c(C)c1. The van der Waals surface area contributed by atoms with Crippen molar-refractivity contribution in [1.29, 1.82) is 0 Å². The highest BCUT2D eigenvalue weighted by molar-refractivity contribution is 5.70. The van der Waals surface area contributed by atoms with Gasteiger partial charge in [0.25, 0.3) is 0 Å². The number of nitrogens with one attached hydrogen (secondary N) is 1. The molecule has 1 saturated heterocycles. The van der Waals surface area contributed by atoms with Crippen molar-refractivity contribution >= 4 is 23.4 Å². The number of benzene rings is 1. The molecule has 0 unspecified atom stereocenters. The minimum atomic E-state index is -0.699. The van der Waals surface area contributed by atoms with Crippen LogP contribution in [0.4, 0.5) is 17.5 Å². The van der Waals surface area contributed by atoms with Crippen LogP contribution in [0.2, 0.25) is 0 Å². The summed E-state index contributed by atoms with van der Waals surface area (Å²) in [6.07, 6.45) is 3.05. The Morgan fingerprint density at radius 3 is 2.44 bits per heavy atom. The average Bonchev–Trinajstić information content (AvgIpc) is 2.58. The smallest absolute Gasteiger partial charge is 0.306 e. The molecule has 3 rings (SSSR count). The number of aromatic nitrogens is 2. The van der Waals surface area contributed by atoms with Crippen molar-refractivity contribution in [3.8, 4) is 0 Å². The molecule has 0 bridgehead atoms. The second kappa shape index (κ2) is 7.09. The molecule has 0 amide bonds. The number of aryl methyl sites for hydroxylation is 3. The molecule has 2 aromatic rings. The Labute approximate surface area is 147 Å². The monoisotopic (exact) mass is 340 g/mol. The minimum absolute atomic E-state index is 0.242. The molecular weight excluding hydrogens is 316 g/mol. The maximum absolute atomic E-state index is 11.1. The Hall–Kier alpha value is -2.63. The van der Waals surface area contributed by atoms with Crippen molar-refractivity contribution in [2.75, 3.05) is 23.3 Å². The van der Waals surface area contributed by atoms with E-state index in [4.69, 9.17) is 5.11 Å². The van der Waals surface area contributed by atoms with E-state index in [1.807, 2.05) is 6.07 Å². The first-order chi connectivity index (χ1) is 11.9. The van der Waals surface area contributed by atoms with E-state index in [-0.39, 0.29) is 5.92 Å². The van der Waals surface area contributed by atoms with Crippen LogP contribution in [0.5, 0.6) is 0 Å². The van der Waals surface area contributed by atoms with E-state index in [2.05, 4.69) is 53.1 Å². The van der Waals surface area contributed by atoms with Crippen molar-refractivity contribution < 1.29 is 9.90 Å². The summed E-state index contributed by atoms with van der Waals surface area (Å²) in [5.41, 5.74) is 4.59. The minimum Gasteiger partial charge on any atom is -0.481 e. The van der Waals surface area contributed by atoms with Crippen molar-refractivity contribution in [3.05, 3.63) is 41.1 Å². The van der Waals surface area contributed by atoms with E-state index in [0.717, 1.165) is 22.6 Å². The number of piperidine rings is 1. The van der Waals surface area contributed by atoms with Gasteiger partial charge < -0.3 is 15.3 Å². The summed E-state index contributed by atoms with van der Waals surface area (Å²) in [7, 11) is 0. The third kappa shape index (κ3) is 3.90. The lowest BCUT2D eigenvalue weighted by Gasteiger charge is -2.31. The van der Waals surface area contributed by atoms with Crippen LogP contribution < -0.4 is 10.2 Å². The first kappa shape index (κ1) is 17.2. The maximum atomic E-state index is 11.1. The molecule has 1 aliphatic heterocycles. The number of rotatable bonds is 4. The van der Waals surface area contributed by atoms with Gasteiger partial charge in [0.05, 0.1) is 5.92 Å². The molecule has 25 heavy (non-hydrogen) atoms. The third-order valence-electron chi connectivity index (χ3n) is 4.72. The van der Waals surface area contributed by atoms with Gasteiger partial charge in [-0.15, -0.1) is 0 Å². The zero-order valence-electron chi connectivity index (χ0n) is 14.9. The molecule has 0 aliphatic carbocycles. The van der Waals surface area contributed by atoms with Gasteiger partial charge in [0.2, 0.25) is 5.95 Å². The quantitative estimate of drug-likeness (QED) is 0.887. The molecule has 1 aromatic carbocycles. The Balaban J connectivity index is 1.76. The molecule has 132 valence electrons. The summed E-state index contributed by atoms with van der Waals surface area (Å²) >= 11 is 0. The fourth-order valence-corrected chi connectivity index (χ4v) is 3.43. The summed E-state index contributed by atoms with van der Waals surface area (Å²) in [4.78, 5) is 22.2. The third-order valence-corrected chi connectivity index (χ3v) is 4.72. The van der Waals surface area contributed by atoms with Gasteiger partial charge in [0.1, 0.15) is 5.82 Å². The van der Waals surface area contributed by atoms with Crippen molar-refractivity contribution in [1.82, 2.24) is 9.97 Å². The number of hydrogen-bond acceptors (Lipinski definition) is 5. The first-order valence-electron chi connectivity index (χ1n) is 8.59. The predicted octanol–water partition coefficient (Wildman–Crippen LogP) is 3.45. The van der Waals surface area contributed by atoms with E-state index >= 15 is 0 Å². The van der Waals surface area contributed by atoms with Crippen molar-refractivity contribution in [2.45, 2.75) is 33.6 Å². The second-order valence-corrected chi connectivity index (χ2v) is 6.74. The molecule has 1 fully saturated rings. The molecule has 1 aromatic heterocycles. The number of aliphatic carboxylic acids is 1. The summed E-state index contributed by atoms with van der Waals surface area (Å²) in [6.45, 7) is 7.64. The number of carboxylic acid groups (broad SMARTS) is 1. The Kier molecular flexibility index (Phi) is 4.88. The van der Waals surface area contributed by atoms with E-state index < -0.39 is 5.97 Å². The largest absolute Gasteiger partial charge is 0.481 e. The maximum Gasteiger partial charge on any atom is 0.306 e. The molecule has 0 radical (unpaired) electrons. The molecular formula is C19H24N4O2. The first-order valence-corrected chi connectivity index (χ1v) is 8.59. The van der Waals surface area contributed by atoms with Gasteiger partial charge in [-0.2, -0.15) is 4.98 Å². The van der Waals surface area contributed by atoms with Crippen LogP contribution in [0.15, 0.2) is 24.4 Å². The molecule has 1 aliphatic rings. The zero-order valence-corrected chi connectivity index (χ0v) is 14.9. The normalized spacial score (nSPS) is 15.2. The van der Waals surface area contributed by atoms with Crippen molar-refractivity contribution in [3.63, 3.8) is 0 Å². The summed E-state index contributed by atoms with van der Waals surface area (Å²) in [5, 5.41) is 12.5. The number of carbonyl (C=O) groups is 1. The number of nitrogens with zero attached hydrogens (tertiary/aromatic N) is 3. The summed E-state index contributed by atoms with van der Waals surface area (Å²) in [6, 6.07) is 6.15. The highest BCUT2D eigenvalue weighted by Gasteiger charge is 2.25. The van der Waals surface area contributed by atoms with Gasteiger partial charge >= 0.3 is 5.97 Å². The van der Waals surface area contributed by atoms with Crippen LogP contribution in [-0.2, 0) is 4.79 Å². The van der Waals surface area contributed by atoms with Crippen LogP contribution in [0.25, 0.3) is 0 Å². The molecule has 6 heteroatoms. The topological polar surface area (TPSA) is 78.4 Å². The van der Waals surface area contributed by atoms with Gasteiger partial charge in [-0.05, 0) is 50.8 Å². The molecule has 0 saturated carbocycles. The molecule has 6 nitrogen and oxygen atoms in total. The average molecular weight is 340 g/mol. The summed E-state index contributed by atoms with van der Waals surface area (Å²) < 4.78 is 0. The standard InChI is InChI=1S/C19H24N4O2/c1-12-10-13(2)17(14(3)11-12)22-19-20-7-4-16(21-19)23-8-5-15(6-9-23)18(24)25/h4,7,10-11,15H,5-6,8-9H2,1-3H3,(H,24,25)(H,20,21,22). The van der Waals surface area contributed by atoms with E-state index in [9.17, 15) is 4.79 Å². The van der Waals surface area contributed by atoms with E-state index in [0.29, 0.717) is 31.9 Å². The lowest BCUT2D eigenvalue weighted by Crippen LogP contribution is -2.36. The number of carboxylic acids is 1. The highest BCUT2D eigenvalue weighted by atomic mass is 16.4. The molecule has 2 heterocycles.